The van der Waals surface area contributed by atoms with Crippen LogP contribution in [-0.4, -0.2) is 34.4 Å². The second-order valence-electron chi connectivity index (χ2n) is 6.25. The minimum atomic E-state index is -0.748. The van der Waals surface area contributed by atoms with Gasteiger partial charge in [-0.2, -0.15) is 10.2 Å². The molecule has 0 aliphatic carbocycles. The lowest BCUT2D eigenvalue weighted by Gasteiger charge is -2.11. The second kappa shape index (κ2) is 10.2. The molecule has 10 nitrogen and oxygen atoms in total. The van der Waals surface area contributed by atoms with Gasteiger partial charge in [-0.1, -0.05) is 23.7 Å². The van der Waals surface area contributed by atoms with Gasteiger partial charge < -0.3 is 9.47 Å². The summed E-state index contributed by atoms with van der Waals surface area (Å²) in [4.78, 5) is 36.4. The fraction of sp³-hybridized carbons (Fsp3) is 0.150. The maximum Gasteiger partial charge on any atom is 0.342 e. The van der Waals surface area contributed by atoms with Gasteiger partial charge in [0.2, 0.25) is 5.91 Å². The molecule has 11 heteroatoms. The zero-order chi connectivity index (χ0) is 22.2. The lowest BCUT2D eigenvalue weighted by atomic mass is 10.2. The third-order valence-electron chi connectivity index (χ3n) is 4.01. The quantitative estimate of drug-likeness (QED) is 0.355. The van der Waals surface area contributed by atoms with Crippen LogP contribution in [0, 0.1) is 0 Å². The van der Waals surface area contributed by atoms with Crippen LogP contribution in [0.2, 0.25) is 5.02 Å². The highest BCUT2D eigenvalue weighted by Gasteiger charge is 2.09. The zero-order valence-corrected chi connectivity index (χ0v) is 17.1. The monoisotopic (exact) mass is 443 g/mol. The maximum atomic E-state index is 11.9. The van der Waals surface area contributed by atoms with E-state index < -0.39 is 17.2 Å². The molecule has 3 rings (SSSR count). The van der Waals surface area contributed by atoms with Crippen LogP contribution in [0.1, 0.15) is 16.8 Å². The molecule has 0 spiro atoms. The Kier molecular flexibility index (Phi) is 7.17. The van der Waals surface area contributed by atoms with Crippen molar-refractivity contribution in [3.8, 4) is 11.5 Å². The highest BCUT2D eigenvalue weighted by molar-refractivity contribution is 6.30. The van der Waals surface area contributed by atoms with Crippen LogP contribution in [0.5, 0.6) is 11.5 Å². The Morgan fingerprint density at radius 1 is 1.19 bits per heavy atom. The number of aromatic nitrogens is 3. The highest BCUT2D eigenvalue weighted by atomic mass is 35.5. The lowest BCUT2D eigenvalue weighted by Crippen LogP contribution is -2.31. The molecule has 0 aliphatic rings. The van der Waals surface area contributed by atoms with E-state index in [9.17, 15) is 14.4 Å². The van der Waals surface area contributed by atoms with E-state index in [2.05, 4.69) is 20.7 Å². The van der Waals surface area contributed by atoms with Crippen molar-refractivity contribution in [1.82, 2.24) is 20.6 Å². The average molecular weight is 444 g/mol. The predicted molar refractivity (Wildman–Crippen MR) is 114 cm³/mol. The topological polar surface area (TPSA) is 139 Å². The van der Waals surface area contributed by atoms with E-state index in [1.165, 1.54) is 13.3 Å². The lowest BCUT2D eigenvalue weighted by molar-refractivity contribution is -0.120. The number of rotatable bonds is 8. The minimum Gasteiger partial charge on any atom is -0.493 e. The van der Waals surface area contributed by atoms with Gasteiger partial charge >= 0.3 is 5.69 Å². The number of hydrogen-bond donors (Lipinski definition) is 3. The van der Waals surface area contributed by atoms with Crippen LogP contribution in [0.25, 0.3) is 0 Å². The smallest absolute Gasteiger partial charge is 0.342 e. The average Bonchev–Trinajstić information content (AvgIpc) is 2.75. The summed E-state index contributed by atoms with van der Waals surface area (Å²) in [6.45, 7) is 0.342. The fourth-order valence-corrected chi connectivity index (χ4v) is 2.61. The number of benzene rings is 2. The number of carbonyl (C=O) groups is 1. The maximum absolute atomic E-state index is 11.9. The number of halogens is 1. The molecule has 0 saturated carbocycles. The van der Waals surface area contributed by atoms with Crippen molar-refractivity contribution >= 4 is 23.7 Å². The number of nitrogens with zero attached hydrogens (tertiary/aromatic N) is 2. The molecule has 160 valence electrons. The summed E-state index contributed by atoms with van der Waals surface area (Å²) < 4.78 is 11.1. The SMILES string of the molecule is COc1cc(C=NNC(=O)Cc2n[nH]c(=O)[nH]c2=O)ccc1OCc1ccc(Cl)cc1. The number of amides is 1. The minimum absolute atomic E-state index is 0.129. The first-order valence-electron chi connectivity index (χ1n) is 8.99. The number of methoxy groups -OCH3 is 1. The molecule has 2 aromatic carbocycles. The molecule has 0 saturated heterocycles. The molecule has 0 bridgehead atoms. The standard InChI is InChI=1S/C20H18ClN5O5/c1-30-17-8-13(4-7-16(17)31-11-12-2-5-14(21)6-3-12)10-22-25-18(27)9-15-19(28)23-20(29)26-24-15/h2-8,10H,9,11H2,1H3,(H,25,27)(H2,23,26,28,29). The number of nitrogens with one attached hydrogen (secondary N) is 3. The molecule has 3 aromatic rings. The Morgan fingerprint density at radius 2 is 1.97 bits per heavy atom. The molecule has 0 radical (unpaired) electrons. The van der Waals surface area contributed by atoms with Crippen molar-refractivity contribution in [3.63, 3.8) is 0 Å². The number of hydrazone groups is 1. The van der Waals surface area contributed by atoms with E-state index in [4.69, 9.17) is 21.1 Å². The predicted octanol–water partition coefficient (Wildman–Crippen LogP) is 1.39. The number of carbonyl (C=O) groups excluding carboxylic acids is 1. The van der Waals surface area contributed by atoms with Crippen molar-refractivity contribution in [1.29, 1.82) is 0 Å². The molecule has 31 heavy (non-hydrogen) atoms. The van der Waals surface area contributed by atoms with E-state index in [0.29, 0.717) is 28.7 Å². The third-order valence-corrected chi connectivity index (χ3v) is 4.26. The Labute approximate surface area is 180 Å². The second-order valence-corrected chi connectivity index (χ2v) is 6.69. The summed E-state index contributed by atoms with van der Waals surface area (Å²) in [6, 6.07) is 12.5. The molecular weight excluding hydrogens is 426 g/mol. The van der Waals surface area contributed by atoms with Gasteiger partial charge in [-0.3, -0.25) is 14.6 Å². The van der Waals surface area contributed by atoms with Crippen LogP contribution in [-0.2, 0) is 17.8 Å². The molecule has 0 unspecified atom stereocenters. The van der Waals surface area contributed by atoms with Gasteiger partial charge in [-0.25, -0.2) is 15.3 Å². The Balaban J connectivity index is 1.58. The Bertz CT molecular complexity index is 1200. The first-order valence-corrected chi connectivity index (χ1v) is 9.37. The van der Waals surface area contributed by atoms with Crippen LogP contribution in [0.4, 0.5) is 0 Å². The normalized spacial score (nSPS) is 10.8. The van der Waals surface area contributed by atoms with Gasteiger partial charge in [0.1, 0.15) is 12.3 Å². The first kappa shape index (κ1) is 21.8. The van der Waals surface area contributed by atoms with E-state index in [-0.39, 0.29) is 12.1 Å². The van der Waals surface area contributed by atoms with Crippen LogP contribution in [0.3, 0.4) is 0 Å². The van der Waals surface area contributed by atoms with Crippen LogP contribution in [0.15, 0.2) is 57.2 Å². The van der Waals surface area contributed by atoms with E-state index in [0.717, 1.165) is 5.56 Å². The number of hydrogen-bond acceptors (Lipinski definition) is 7. The third kappa shape index (κ3) is 6.28. The van der Waals surface area contributed by atoms with Gasteiger partial charge in [0.15, 0.2) is 11.5 Å². The Morgan fingerprint density at radius 3 is 2.68 bits per heavy atom. The molecule has 3 N–H and O–H groups in total. The first-order chi connectivity index (χ1) is 14.9. The molecule has 1 amide bonds. The number of aromatic amines is 2. The zero-order valence-electron chi connectivity index (χ0n) is 16.3. The van der Waals surface area contributed by atoms with Gasteiger partial charge in [0, 0.05) is 5.02 Å². The van der Waals surface area contributed by atoms with Crippen molar-refractivity contribution in [3.05, 3.63) is 85.1 Å². The van der Waals surface area contributed by atoms with Gasteiger partial charge in [0.05, 0.1) is 19.7 Å². The summed E-state index contributed by atoms with van der Waals surface area (Å²) in [6.07, 6.45) is 1.07. The summed E-state index contributed by atoms with van der Waals surface area (Å²) in [5.74, 6) is 0.464. The van der Waals surface area contributed by atoms with Gasteiger partial charge in [-0.05, 0) is 41.5 Å². The highest BCUT2D eigenvalue weighted by Crippen LogP contribution is 2.28. The van der Waals surface area contributed by atoms with E-state index >= 15 is 0 Å². The van der Waals surface area contributed by atoms with E-state index in [1.807, 2.05) is 17.1 Å². The molecule has 1 heterocycles. The van der Waals surface area contributed by atoms with Crippen molar-refractivity contribution < 1.29 is 14.3 Å². The Hall–Kier alpha value is -3.92. The van der Waals surface area contributed by atoms with Crippen molar-refractivity contribution in [2.75, 3.05) is 7.11 Å². The summed E-state index contributed by atoms with van der Waals surface area (Å²) in [7, 11) is 1.52. The van der Waals surface area contributed by atoms with Crippen molar-refractivity contribution in [2.24, 2.45) is 5.10 Å². The van der Waals surface area contributed by atoms with Crippen molar-refractivity contribution in [2.45, 2.75) is 13.0 Å². The van der Waals surface area contributed by atoms with Gasteiger partial charge in [0.25, 0.3) is 5.56 Å². The fourth-order valence-electron chi connectivity index (χ4n) is 2.49. The summed E-state index contributed by atoms with van der Waals surface area (Å²) in [5, 5.41) is 10.1. The molecular formula is C20H18ClN5O5. The number of H-pyrrole nitrogens is 2. The van der Waals surface area contributed by atoms with E-state index in [1.54, 1.807) is 30.3 Å². The summed E-state index contributed by atoms with van der Waals surface area (Å²) >= 11 is 5.88. The molecule has 0 fully saturated rings. The van der Waals surface area contributed by atoms with Crippen LogP contribution < -0.4 is 26.1 Å². The summed E-state index contributed by atoms with van der Waals surface area (Å²) in [5.41, 5.74) is 2.28. The van der Waals surface area contributed by atoms with Gasteiger partial charge in [-0.15, -0.1) is 0 Å². The van der Waals surface area contributed by atoms with Crippen LogP contribution >= 0.6 is 11.6 Å². The molecule has 0 atom stereocenters. The number of ether oxygens (including phenoxy) is 2. The molecule has 1 aromatic heterocycles. The largest absolute Gasteiger partial charge is 0.493 e. The molecule has 0 aliphatic heterocycles.